The first-order valence-electron chi connectivity index (χ1n) is 6.12. The van der Waals surface area contributed by atoms with Crippen LogP contribution in [0.15, 0.2) is 29.6 Å². The number of carbonyl (C=O) groups is 1. The lowest BCUT2D eigenvalue weighted by Gasteiger charge is -2.05. The third-order valence-corrected chi connectivity index (χ3v) is 2.91. The van der Waals surface area contributed by atoms with Crippen LogP contribution in [0.25, 0.3) is 0 Å². The molecule has 0 amide bonds. The van der Waals surface area contributed by atoms with Gasteiger partial charge in [0.15, 0.2) is 5.78 Å². The summed E-state index contributed by atoms with van der Waals surface area (Å²) in [6.07, 6.45) is 5.36. The quantitative estimate of drug-likeness (QED) is 0.841. The molecule has 1 N–H and O–H groups in total. The highest BCUT2D eigenvalue weighted by Gasteiger charge is 2.14. The molecule has 0 aliphatic carbocycles. The molecule has 19 heavy (non-hydrogen) atoms. The molecule has 0 bridgehead atoms. The summed E-state index contributed by atoms with van der Waals surface area (Å²) in [5.74, 6) is -0.157. The van der Waals surface area contributed by atoms with Gasteiger partial charge in [0.05, 0.1) is 0 Å². The van der Waals surface area contributed by atoms with Gasteiger partial charge in [0.25, 0.3) is 5.56 Å². The highest BCUT2D eigenvalue weighted by atomic mass is 16.1. The van der Waals surface area contributed by atoms with Gasteiger partial charge < -0.3 is 4.98 Å². The number of hydrogen-bond donors (Lipinski definition) is 1. The summed E-state index contributed by atoms with van der Waals surface area (Å²) in [7, 11) is 0. The maximum absolute atomic E-state index is 12.2. The average Bonchev–Trinajstić information content (AvgIpc) is 2.42. The lowest BCUT2D eigenvalue weighted by molar-refractivity contribution is 0.0986. The summed E-state index contributed by atoms with van der Waals surface area (Å²) in [5, 5.41) is 0. The van der Waals surface area contributed by atoms with Crippen molar-refractivity contribution in [2.45, 2.75) is 26.7 Å². The van der Waals surface area contributed by atoms with E-state index in [1.165, 1.54) is 6.33 Å². The molecule has 0 saturated carbocycles. The van der Waals surface area contributed by atoms with E-state index in [9.17, 15) is 9.59 Å². The van der Waals surface area contributed by atoms with Crippen LogP contribution < -0.4 is 5.56 Å². The molecule has 0 saturated heterocycles. The first-order chi connectivity index (χ1) is 9.11. The summed E-state index contributed by atoms with van der Waals surface area (Å²) < 4.78 is 0. The molecule has 0 aliphatic rings. The van der Waals surface area contributed by atoms with Crippen LogP contribution in [0.4, 0.5) is 0 Å². The molecule has 5 nitrogen and oxygen atoms in total. The first kappa shape index (κ1) is 13.1. The van der Waals surface area contributed by atoms with E-state index < -0.39 is 0 Å². The van der Waals surface area contributed by atoms with Crippen LogP contribution in [0.2, 0.25) is 0 Å². The Morgan fingerprint density at radius 3 is 2.89 bits per heavy atom. The molecule has 2 rings (SSSR count). The zero-order valence-electron chi connectivity index (χ0n) is 10.9. The van der Waals surface area contributed by atoms with E-state index in [2.05, 4.69) is 15.0 Å². The minimum Gasteiger partial charge on any atom is -0.329 e. The van der Waals surface area contributed by atoms with E-state index >= 15 is 0 Å². The molecule has 0 atom stereocenters. The van der Waals surface area contributed by atoms with Crippen molar-refractivity contribution in [3.05, 3.63) is 57.5 Å². The highest BCUT2D eigenvalue weighted by Crippen LogP contribution is 2.08. The van der Waals surface area contributed by atoms with Crippen molar-refractivity contribution in [3.63, 3.8) is 0 Å². The Kier molecular flexibility index (Phi) is 3.85. The molecule has 0 radical (unpaired) electrons. The molecule has 0 fully saturated rings. The van der Waals surface area contributed by atoms with Crippen molar-refractivity contribution < 1.29 is 4.79 Å². The van der Waals surface area contributed by atoms with Crippen LogP contribution in [0.1, 0.15) is 34.1 Å². The van der Waals surface area contributed by atoms with Crippen LogP contribution in [0, 0.1) is 6.92 Å². The number of aromatic nitrogens is 3. The van der Waals surface area contributed by atoms with Gasteiger partial charge in [0, 0.05) is 24.4 Å². The predicted molar refractivity (Wildman–Crippen MR) is 71.2 cm³/mol. The minimum atomic E-state index is -0.231. The van der Waals surface area contributed by atoms with Gasteiger partial charge in [-0.3, -0.25) is 9.59 Å². The molecule has 98 valence electrons. The molecule has 2 aromatic heterocycles. The van der Waals surface area contributed by atoms with Crippen molar-refractivity contribution in [1.82, 2.24) is 15.0 Å². The van der Waals surface area contributed by atoms with Gasteiger partial charge in [-0.2, -0.15) is 0 Å². The molecule has 5 heteroatoms. The summed E-state index contributed by atoms with van der Waals surface area (Å²) in [6, 6.07) is 1.73. The van der Waals surface area contributed by atoms with Crippen molar-refractivity contribution in [2.75, 3.05) is 0 Å². The minimum absolute atomic E-state index is 0.0566. The predicted octanol–water partition coefficient (Wildman–Crippen LogP) is 1.46. The maximum Gasteiger partial charge on any atom is 0.251 e. The molecule has 0 unspecified atom stereocenters. The van der Waals surface area contributed by atoms with Crippen LogP contribution in [0.5, 0.6) is 0 Å². The number of H-pyrrole nitrogens is 1. The number of nitrogens with one attached hydrogen (secondary N) is 1. The number of aryl methyl sites for hydroxylation is 2. The first-order valence-corrected chi connectivity index (χ1v) is 6.12. The summed E-state index contributed by atoms with van der Waals surface area (Å²) in [5.41, 5.74) is 2.35. The zero-order valence-corrected chi connectivity index (χ0v) is 10.9. The summed E-state index contributed by atoms with van der Waals surface area (Å²) >= 11 is 0. The van der Waals surface area contributed by atoms with Crippen LogP contribution in [-0.2, 0) is 12.8 Å². The number of Topliss-reactive ketones (excluding diaryl/α,β-unsaturated/α-hetero) is 1. The SMILES string of the molecule is CCc1cncnc1C(=O)Cc1cc(C)c[nH]c1=O. The molecular weight excluding hydrogens is 242 g/mol. The fourth-order valence-corrected chi connectivity index (χ4v) is 1.91. The standard InChI is InChI=1S/C14H15N3O2/c1-3-10-7-15-8-17-13(10)12(18)5-11-4-9(2)6-16-14(11)19/h4,6-8H,3,5H2,1-2H3,(H,16,19). The van der Waals surface area contributed by atoms with E-state index in [1.54, 1.807) is 18.5 Å². The third-order valence-electron chi connectivity index (χ3n) is 2.91. The van der Waals surface area contributed by atoms with Crippen molar-refractivity contribution in [3.8, 4) is 0 Å². The van der Waals surface area contributed by atoms with Crippen molar-refractivity contribution >= 4 is 5.78 Å². The number of hydrogen-bond acceptors (Lipinski definition) is 4. The molecule has 0 aliphatic heterocycles. The Hall–Kier alpha value is -2.30. The van der Waals surface area contributed by atoms with E-state index in [0.717, 1.165) is 11.1 Å². The Morgan fingerprint density at radius 1 is 1.37 bits per heavy atom. The lowest BCUT2D eigenvalue weighted by atomic mass is 10.0. The Balaban J connectivity index is 2.31. The molecule has 2 aromatic rings. The number of aromatic amines is 1. The van der Waals surface area contributed by atoms with Gasteiger partial charge in [-0.25, -0.2) is 9.97 Å². The van der Waals surface area contributed by atoms with Crippen LogP contribution >= 0.6 is 0 Å². The Morgan fingerprint density at radius 2 is 2.16 bits per heavy atom. The van der Waals surface area contributed by atoms with Gasteiger partial charge in [-0.15, -0.1) is 0 Å². The Bertz CT molecular complexity index is 662. The van der Waals surface area contributed by atoms with E-state index in [0.29, 0.717) is 17.7 Å². The summed E-state index contributed by atoms with van der Waals surface area (Å²) in [4.78, 5) is 34.4. The van der Waals surface area contributed by atoms with E-state index in [1.807, 2.05) is 13.8 Å². The van der Waals surface area contributed by atoms with Gasteiger partial charge in [-0.1, -0.05) is 6.92 Å². The maximum atomic E-state index is 12.2. The fourth-order valence-electron chi connectivity index (χ4n) is 1.91. The Labute approximate surface area is 110 Å². The van der Waals surface area contributed by atoms with Gasteiger partial charge >= 0.3 is 0 Å². The molecule has 0 spiro atoms. The average molecular weight is 257 g/mol. The second-order valence-electron chi connectivity index (χ2n) is 4.38. The number of carbonyl (C=O) groups excluding carboxylic acids is 1. The largest absolute Gasteiger partial charge is 0.329 e. The summed E-state index contributed by atoms with van der Waals surface area (Å²) in [6.45, 7) is 3.81. The van der Waals surface area contributed by atoms with Gasteiger partial charge in [0.1, 0.15) is 12.0 Å². The van der Waals surface area contributed by atoms with E-state index in [-0.39, 0.29) is 17.8 Å². The smallest absolute Gasteiger partial charge is 0.251 e. The number of pyridine rings is 1. The monoisotopic (exact) mass is 257 g/mol. The lowest BCUT2D eigenvalue weighted by Crippen LogP contribution is -2.18. The zero-order chi connectivity index (χ0) is 13.8. The topological polar surface area (TPSA) is 75.7 Å². The number of nitrogens with zero attached hydrogens (tertiary/aromatic N) is 2. The van der Waals surface area contributed by atoms with Crippen molar-refractivity contribution in [1.29, 1.82) is 0 Å². The van der Waals surface area contributed by atoms with Crippen molar-refractivity contribution in [2.24, 2.45) is 0 Å². The van der Waals surface area contributed by atoms with Gasteiger partial charge in [0.2, 0.25) is 0 Å². The normalized spacial score (nSPS) is 10.4. The third kappa shape index (κ3) is 2.93. The molecule has 2 heterocycles. The second kappa shape index (κ2) is 5.56. The van der Waals surface area contributed by atoms with E-state index in [4.69, 9.17) is 0 Å². The van der Waals surface area contributed by atoms with Crippen LogP contribution in [-0.4, -0.2) is 20.7 Å². The number of ketones is 1. The second-order valence-corrected chi connectivity index (χ2v) is 4.38. The number of rotatable bonds is 4. The van der Waals surface area contributed by atoms with Gasteiger partial charge in [-0.05, 0) is 30.5 Å². The molecule has 0 aromatic carbocycles. The highest BCUT2D eigenvalue weighted by molar-refractivity contribution is 5.96. The van der Waals surface area contributed by atoms with Crippen LogP contribution in [0.3, 0.4) is 0 Å². The fraction of sp³-hybridized carbons (Fsp3) is 0.286. The molecular formula is C14H15N3O2.